The second-order valence-corrected chi connectivity index (χ2v) is 8.41. The summed E-state index contributed by atoms with van der Waals surface area (Å²) in [6.07, 6.45) is 2.20. The predicted molar refractivity (Wildman–Crippen MR) is 120 cm³/mol. The number of piperidine rings is 1. The Morgan fingerprint density at radius 1 is 1.20 bits per heavy atom. The summed E-state index contributed by atoms with van der Waals surface area (Å²) in [6.45, 7) is 11.7. The first kappa shape index (κ1) is 23.6. The van der Waals surface area contributed by atoms with E-state index in [0.29, 0.717) is 11.8 Å². The number of thiocarbonyl (C=S) groups is 1. The van der Waals surface area contributed by atoms with Crippen molar-refractivity contribution in [3.05, 3.63) is 29.1 Å². The molecule has 0 unspecified atom stereocenters. The first-order chi connectivity index (χ1) is 14.1. The normalized spacial score (nSPS) is 14.4. The molecule has 2 heterocycles. The van der Waals surface area contributed by atoms with Gasteiger partial charge < -0.3 is 25.4 Å². The average molecular weight is 435 g/mol. The zero-order valence-electron chi connectivity index (χ0n) is 17.9. The molecule has 2 aromatic rings. The molecule has 1 aromatic carbocycles. The number of benzene rings is 1. The Morgan fingerprint density at radius 3 is 2.30 bits per heavy atom. The number of aromatic nitrogens is 2. The first-order valence-corrected chi connectivity index (χ1v) is 10.4. The van der Waals surface area contributed by atoms with Gasteiger partial charge in [-0.3, -0.25) is 0 Å². The maximum absolute atomic E-state index is 9.10. The minimum Gasteiger partial charge on any atom is -0.473 e. The van der Waals surface area contributed by atoms with Crippen molar-refractivity contribution in [3.63, 3.8) is 0 Å². The highest BCUT2D eigenvalue weighted by atomic mass is 32.1. The van der Waals surface area contributed by atoms with Gasteiger partial charge in [-0.1, -0.05) is 13.8 Å². The highest BCUT2D eigenvalue weighted by Gasteiger charge is 2.24. The van der Waals surface area contributed by atoms with E-state index in [1.54, 1.807) is 0 Å². The minimum atomic E-state index is -1.82. The van der Waals surface area contributed by atoms with Crippen molar-refractivity contribution >= 4 is 40.3 Å². The van der Waals surface area contributed by atoms with Gasteiger partial charge in [-0.2, -0.15) is 0 Å². The number of rotatable bonds is 3. The van der Waals surface area contributed by atoms with Crippen LogP contribution in [0.3, 0.4) is 0 Å². The van der Waals surface area contributed by atoms with E-state index in [1.807, 2.05) is 0 Å². The van der Waals surface area contributed by atoms with Crippen LogP contribution in [0, 0.1) is 19.8 Å². The molecule has 30 heavy (non-hydrogen) atoms. The van der Waals surface area contributed by atoms with Gasteiger partial charge in [0.15, 0.2) is 5.11 Å². The monoisotopic (exact) mass is 434 g/mol. The van der Waals surface area contributed by atoms with Gasteiger partial charge >= 0.3 is 11.9 Å². The van der Waals surface area contributed by atoms with Crippen molar-refractivity contribution < 1.29 is 19.8 Å². The highest BCUT2D eigenvalue weighted by molar-refractivity contribution is 7.80. The smallest absolute Gasteiger partial charge is 0.414 e. The van der Waals surface area contributed by atoms with E-state index < -0.39 is 11.9 Å². The second-order valence-electron chi connectivity index (χ2n) is 8.03. The first-order valence-electron chi connectivity index (χ1n) is 10.0. The van der Waals surface area contributed by atoms with Crippen molar-refractivity contribution in [1.82, 2.24) is 20.2 Å². The molecule has 1 aliphatic heterocycles. The molecule has 164 valence electrons. The van der Waals surface area contributed by atoms with Crippen LogP contribution in [0.15, 0.2) is 12.1 Å². The summed E-state index contributed by atoms with van der Waals surface area (Å²) in [5.74, 6) is -1.40. The number of nitrogens with one attached hydrogen (secondary N) is 2. The van der Waals surface area contributed by atoms with E-state index in [2.05, 4.69) is 55.0 Å². The van der Waals surface area contributed by atoms with Crippen LogP contribution in [0.25, 0.3) is 11.0 Å². The molecule has 1 aromatic heterocycles. The Labute approximate surface area is 181 Å². The number of imidazole rings is 1. The maximum Gasteiger partial charge on any atom is 0.414 e. The fraction of sp³-hybridized carbons (Fsp3) is 0.524. The van der Waals surface area contributed by atoms with Gasteiger partial charge in [-0.25, -0.2) is 14.6 Å². The van der Waals surface area contributed by atoms with Gasteiger partial charge in [0.1, 0.15) is 5.82 Å². The molecular formula is C21H30N4O4S. The van der Waals surface area contributed by atoms with E-state index in [-0.39, 0.29) is 0 Å². The summed E-state index contributed by atoms with van der Waals surface area (Å²) in [5, 5.41) is 19.1. The summed E-state index contributed by atoms with van der Waals surface area (Å²) in [7, 11) is 0. The lowest BCUT2D eigenvalue weighted by molar-refractivity contribution is -0.159. The van der Waals surface area contributed by atoms with Crippen molar-refractivity contribution in [1.29, 1.82) is 0 Å². The zero-order chi connectivity index (χ0) is 22.4. The van der Waals surface area contributed by atoms with Crippen LogP contribution in [-0.2, 0) is 9.59 Å². The van der Waals surface area contributed by atoms with Crippen LogP contribution in [0.1, 0.15) is 49.6 Å². The van der Waals surface area contributed by atoms with E-state index >= 15 is 0 Å². The van der Waals surface area contributed by atoms with Crippen LogP contribution in [-0.4, -0.2) is 61.8 Å². The zero-order valence-corrected chi connectivity index (χ0v) is 18.7. The molecule has 0 radical (unpaired) electrons. The fourth-order valence-corrected chi connectivity index (χ4v) is 3.51. The molecule has 4 N–H and O–H groups in total. The lowest BCUT2D eigenvalue weighted by Crippen LogP contribution is -2.44. The van der Waals surface area contributed by atoms with Gasteiger partial charge in [0.25, 0.3) is 0 Å². The van der Waals surface area contributed by atoms with Crippen LogP contribution in [0.4, 0.5) is 0 Å². The third-order valence-corrected chi connectivity index (χ3v) is 5.53. The van der Waals surface area contributed by atoms with Gasteiger partial charge in [0.2, 0.25) is 0 Å². The number of carboxylic acids is 2. The van der Waals surface area contributed by atoms with Crippen LogP contribution >= 0.6 is 12.2 Å². The van der Waals surface area contributed by atoms with E-state index in [4.69, 9.17) is 37.0 Å². The quantitative estimate of drug-likeness (QED) is 0.430. The van der Waals surface area contributed by atoms with Crippen LogP contribution in [0.2, 0.25) is 0 Å². The van der Waals surface area contributed by atoms with Crippen molar-refractivity contribution in [2.24, 2.45) is 5.92 Å². The van der Waals surface area contributed by atoms with Gasteiger partial charge in [-0.15, -0.1) is 0 Å². The van der Waals surface area contributed by atoms with E-state index in [1.165, 1.54) is 11.1 Å². The predicted octanol–water partition coefficient (Wildman–Crippen LogP) is 3.05. The maximum atomic E-state index is 9.10. The van der Waals surface area contributed by atoms with Crippen LogP contribution < -0.4 is 5.32 Å². The molecule has 0 spiro atoms. The number of likely N-dealkylation sites (tertiary alicyclic amines) is 1. The third kappa shape index (κ3) is 6.41. The Morgan fingerprint density at radius 2 is 1.77 bits per heavy atom. The number of aryl methyl sites for hydroxylation is 2. The molecule has 0 amide bonds. The summed E-state index contributed by atoms with van der Waals surface area (Å²) >= 11 is 5.52. The van der Waals surface area contributed by atoms with Crippen LogP contribution in [0.5, 0.6) is 0 Å². The van der Waals surface area contributed by atoms with Gasteiger partial charge in [-0.05, 0) is 68.1 Å². The second kappa shape index (κ2) is 10.4. The fourth-order valence-electron chi connectivity index (χ4n) is 3.24. The summed E-state index contributed by atoms with van der Waals surface area (Å²) in [4.78, 5) is 28.9. The number of hydrogen-bond acceptors (Lipinski definition) is 4. The van der Waals surface area contributed by atoms with Crippen molar-refractivity contribution in [2.45, 2.75) is 46.5 Å². The molecule has 0 saturated carbocycles. The summed E-state index contributed by atoms with van der Waals surface area (Å²) in [6, 6.07) is 4.39. The van der Waals surface area contributed by atoms with Crippen molar-refractivity contribution in [3.8, 4) is 0 Å². The molecule has 8 nitrogen and oxygen atoms in total. The number of carboxylic acid groups (broad SMARTS) is 2. The molecule has 0 bridgehead atoms. The van der Waals surface area contributed by atoms with Crippen molar-refractivity contribution in [2.75, 3.05) is 19.6 Å². The Bertz CT molecular complexity index is 866. The number of aromatic amines is 1. The molecule has 3 rings (SSSR count). The van der Waals surface area contributed by atoms with E-state index in [9.17, 15) is 0 Å². The molecule has 9 heteroatoms. The largest absolute Gasteiger partial charge is 0.473 e. The average Bonchev–Trinajstić information content (AvgIpc) is 3.09. The molecular weight excluding hydrogens is 404 g/mol. The van der Waals surface area contributed by atoms with Gasteiger partial charge in [0, 0.05) is 25.6 Å². The summed E-state index contributed by atoms with van der Waals surface area (Å²) < 4.78 is 0. The number of aliphatic carboxylic acids is 2. The Hall–Kier alpha value is -2.68. The number of H-pyrrole nitrogens is 1. The highest BCUT2D eigenvalue weighted by Crippen LogP contribution is 2.28. The lowest BCUT2D eigenvalue weighted by atomic mass is 9.96. The minimum absolute atomic E-state index is 0.502. The third-order valence-electron chi connectivity index (χ3n) is 5.13. The molecule has 0 aliphatic carbocycles. The number of nitrogens with zero attached hydrogens (tertiary/aromatic N) is 2. The topological polar surface area (TPSA) is 119 Å². The standard InChI is InChI=1S/C19H28N4S.C2H2O4/c1-12(2)11-20-19(24)23-7-5-15(6-8-23)18-21-16-9-13(3)14(4)10-17(16)22-18;3-1(4)2(5)6/h9-10,12,15H,5-8,11H2,1-4H3,(H,20,24)(H,21,22);(H,3,4)(H,5,6). The lowest BCUT2D eigenvalue weighted by Gasteiger charge is -2.33. The number of fused-ring (bicyclic) bond motifs is 1. The van der Waals surface area contributed by atoms with Gasteiger partial charge in [0.05, 0.1) is 11.0 Å². The number of carbonyl (C=O) groups is 2. The van der Waals surface area contributed by atoms with E-state index in [0.717, 1.165) is 54.4 Å². The molecule has 0 atom stereocenters. The Kier molecular flexibility index (Phi) is 8.16. The number of hydrogen-bond donors (Lipinski definition) is 4. The SMILES string of the molecule is Cc1cc2nc(C3CCN(C(=S)NCC(C)C)CC3)[nH]c2cc1C.O=C(O)C(=O)O. The summed E-state index contributed by atoms with van der Waals surface area (Å²) in [5.41, 5.74) is 4.86. The Balaban J connectivity index is 0.000000469. The molecule has 1 saturated heterocycles. The molecule has 1 fully saturated rings. The molecule has 1 aliphatic rings.